The number of hydrogen-bond donors (Lipinski definition) is 0. The summed E-state index contributed by atoms with van der Waals surface area (Å²) < 4.78 is 33.2. The van der Waals surface area contributed by atoms with Gasteiger partial charge in [-0.1, -0.05) is 49.3 Å². The van der Waals surface area contributed by atoms with Crippen molar-refractivity contribution in [3.63, 3.8) is 0 Å². The third kappa shape index (κ3) is 3.92. The summed E-state index contributed by atoms with van der Waals surface area (Å²) in [5.41, 5.74) is 0. The molecule has 0 N–H and O–H groups in total. The standard InChI is InChI=1S/C21H26N4O3S/c1-15(2)20-22-21(28-23-20)16(3)24-10-12-25(13-11-24)29(26,27)19-9-8-17-6-4-5-7-18(17)14-19/h4-9,14-16H,10-13H2,1-3H3. The highest BCUT2D eigenvalue weighted by Crippen LogP contribution is 2.26. The van der Waals surface area contributed by atoms with Gasteiger partial charge in [0.25, 0.3) is 0 Å². The van der Waals surface area contributed by atoms with E-state index in [0.29, 0.717) is 42.8 Å². The van der Waals surface area contributed by atoms with Crippen molar-refractivity contribution in [2.45, 2.75) is 37.6 Å². The number of benzene rings is 2. The van der Waals surface area contributed by atoms with Gasteiger partial charge in [0, 0.05) is 32.1 Å². The molecule has 8 heteroatoms. The molecule has 0 saturated carbocycles. The van der Waals surface area contributed by atoms with E-state index in [0.717, 1.165) is 10.8 Å². The summed E-state index contributed by atoms with van der Waals surface area (Å²) in [5, 5.41) is 5.99. The lowest BCUT2D eigenvalue weighted by Gasteiger charge is -2.36. The molecular formula is C21H26N4O3S. The highest BCUT2D eigenvalue weighted by atomic mass is 32.2. The van der Waals surface area contributed by atoms with Gasteiger partial charge in [-0.3, -0.25) is 4.90 Å². The highest BCUT2D eigenvalue weighted by Gasteiger charge is 2.32. The molecule has 1 aliphatic rings. The molecule has 1 aromatic heterocycles. The first-order valence-electron chi connectivity index (χ1n) is 9.93. The van der Waals surface area contributed by atoms with Crippen LogP contribution in [0.1, 0.15) is 44.4 Å². The Bertz CT molecular complexity index is 1100. The van der Waals surface area contributed by atoms with Gasteiger partial charge in [-0.05, 0) is 29.8 Å². The van der Waals surface area contributed by atoms with Gasteiger partial charge in [0.1, 0.15) is 0 Å². The molecule has 7 nitrogen and oxygen atoms in total. The van der Waals surface area contributed by atoms with Crippen molar-refractivity contribution in [2.24, 2.45) is 0 Å². The van der Waals surface area contributed by atoms with E-state index in [-0.39, 0.29) is 12.0 Å². The number of fused-ring (bicyclic) bond motifs is 1. The van der Waals surface area contributed by atoms with Crippen LogP contribution < -0.4 is 0 Å². The Balaban J connectivity index is 1.46. The average Bonchev–Trinajstić information content (AvgIpc) is 3.23. The number of aromatic nitrogens is 2. The fourth-order valence-electron chi connectivity index (χ4n) is 3.62. The van der Waals surface area contributed by atoms with Gasteiger partial charge in [0.2, 0.25) is 15.9 Å². The fraction of sp³-hybridized carbons (Fsp3) is 0.429. The maximum Gasteiger partial charge on any atom is 0.243 e. The maximum atomic E-state index is 13.1. The molecule has 0 radical (unpaired) electrons. The molecule has 0 aliphatic carbocycles. The van der Waals surface area contributed by atoms with Gasteiger partial charge in [0.05, 0.1) is 10.9 Å². The quantitative estimate of drug-likeness (QED) is 0.637. The Hall–Kier alpha value is -2.29. The van der Waals surface area contributed by atoms with E-state index in [1.54, 1.807) is 16.4 Å². The second-order valence-electron chi connectivity index (χ2n) is 7.77. The monoisotopic (exact) mass is 414 g/mol. The van der Waals surface area contributed by atoms with E-state index in [2.05, 4.69) is 15.0 Å². The molecule has 1 fully saturated rings. The Labute approximate surface area is 171 Å². The molecular weight excluding hydrogens is 388 g/mol. The van der Waals surface area contributed by atoms with Crippen LogP contribution in [-0.2, 0) is 10.0 Å². The molecule has 2 heterocycles. The summed E-state index contributed by atoms with van der Waals surface area (Å²) >= 11 is 0. The molecule has 4 rings (SSSR count). The third-order valence-electron chi connectivity index (χ3n) is 5.51. The number of rotatable bonds is 5. The molecule has 3 aromatic rings. The Morgan fingerprint density at radius 3 is 2.31 bits per heavy atom. The maximum absolute atomic E-state index is 13.1. The van der Waals surface area contributed by atoms with E-state index in [1.807, 2.05) is 51.1 Å². The topological polar surface area (TPSA) is 79.5 Å². The van der Waals surface area contributed by atoms with Crippen LogP contribution >= 0.6 is 0 Å². The first kappa shape index (κ1) is 20.0. The minimum Gasteiger partial charge on any atom is -0.338 e. The smallest absolute Gasteiger partial charge is 0.243 e. The fourth-order valence-corrected chi connectivity index (χ4v) is 5.07. The minimum absolute atomic E-state index is 0.0412. The van der Waals surface area contributed by atoms with Crippen LogP contribution in [0.3, 0.4) is 0 Å². The number of piperazine rings is 1. The van der Waals surface area contributed by atoms with E-state index in [4.69, 9.17) is 4.52 Å². The molecule has 29 heavy (non-hydrogen) atoms. The molecule has 1 unspecified atom stereocenters. The first-order valence-corrected chi connectivity index (χ1v) is 11.4. The normalized spacial score (nSPS) is 17.8. The van der Waals surface area contributed by atoms with Gasteiger partial charge in [-0.15, -0.1) is 0 Å². The summed E-state index contributed by atoms with van der Waals surface area (Å²) in [4.78, 5) is 7.01. The third-order valence-corrected chi connectivity index (χ3v) is 7.41. The van der Waals surface area contributed by atoms with Crippen LogP contribution in [0.25, 0.3) is 10.8 Å². The summed E-state index contributed by atoms with van der Waals surface area (Å²) in [7, 11) is -3.52. The van der Waals surface area contributed by atoms with Crippen LogP contribution in [0.15, 0.2) is 51.9 Å². The predicted octanol–water partition coefficient (Wildman–Crippen LogP) is 3.41. The largest absolute Gasteiger partial charge is 0.338 e. The Morgan fingerprint density at radius 2 is 1.66 bits per heavy atom. The lowest BCUT2D eigenvalue weighted by Crippen LogP contribution is -2.49. The van der Waals surface area contributed by atoms with Crippen molar-refractivity contribution < 1.29 is 12.9 Å². The van der Waals surface area contributed by atoms with Crippen LogP contribution in [0, 0.1) is 0 Å². The lowest BCUT2D eigenvalue weighted by molar-refractivity contribution is 0.124. The lowest BCUT2D eigenvalue weighted by atomic mass is 10.1. The molecule has 1 atom stereocenters. The zero-order valence-electron chi connectivity index (χ0n) is 16.9. The van der Waals surface area contributed by atoms with Crippen molar-refractivity contribution in [1.82, 2.24) is 19.3 Å². The van der Waals surface area contributed by atoms with Crippen molar-refractivity contribution >= 4 is 20.8 Å². The van der Waals surface area contributed by atoms with E-state index in [9.17, 15) is 8.42 Å². The zero-order chi connectivity index (χ0) is 20.6. The summed E-state index contributed by atoms with van der Waals surface area (Å²) in [6.45, 7) is 8.17. The number of sulfonamides is 1. The number of hydrogen-bond acceptors (Lipinski definition) is 6. The Morgan fingerprint density at radius 1 is 0.966 bits per heavy atom. The highest BCUT2D eigenvalue weighted by molar-refractivity contribution is 7.89. The van der Waals surface area contributed by atoms with Crippen molar-refractivity contribution in [2.75, 3.05) is 26.2 Å². The molecule has 1 saturated heterocycles. The summed E-state index contributed by atoms with van der Waals surface area (Å²) in [5.74, 6) is 1.49. The van der Waals surface area contributed by atoms with Crippen LogP contribution in [-0.4, -0.2) is 53.9 Å². The van der Waals surface area contributed by atoms with Gasteiger partial charge in [-0.2, -0.15) is 9.29 Å². The molecule has 154 valence electrons. The van der Waals surface area contributed by atoms with Crippen LogP contribution in [0.2, 0.25) is 0 Å². The van der Waals surface area contributed by atoms with Crippen LogP contribution in [0.4, 0.5) is 0 Å². The SMILES string of the molecule is CC(C)c1noc(C(C)N2CCN(S(=O)(=O)c3ccc4ccccc4c3)CC2)n1. The van der Waals surface area contributed by atoms with Gasteiger partial charge in [0.15, 0.2) is 5.82 Å². The van der Waals surface area contributed by atoms with Crippen molar-refractivity contribution in [1.29, 1.82) is 0 Å². The minimum atomic E-state index is -3.52. The van der Waals surface area contributed by atoms with Crippen molar-refractivity contribution in [3.05, 3.63) is 54.2 Å². The Kier molecular flexibility index (Phi) is 5.42. The second-order valence-corrected chi connectivity index (χ2v) is 9.71. The predicted molar refractivity (Wildman–Crippen MR) is 111 cm³/mol. The van der Waals surface area contributed by atoms with E-state index >= 15 is 0 Å². The zero-order valence-corrected chi connectivity index (χ0v) is 17.8. The second kappa shape index (κ2) is 7.85. The molecule has 1 aliphatic heterocycles. The first-order chi connectivity index (χ1) is 13.9. The van der Waals surface area contributed by atoms with E-state index < -0.39 is 10.0 Å². The van der Waals surface area contributed by atoms with Crippen LogP contribution in [0.5, 0.6) is 0 Å². The molecule has 0 bridgehead atoms. The molecule has 0 spiro atoms. The van der Waals surface area contributed by atoms with Gasteiger partial charge < -0.3 is 4.52 Å². The summed E-state index contributed by atoms with van der Waals surface area (Å²) in [6, 6.07) is 13.1. The summed E-state index contributed by atoms with van der Waals surface area (Å²) in [6.07, 6.45) is 0. The van der Waals surface area contributed by atoms with E-state index in [1.165, 1.54) is 0 Å². The van der Waals surface area contributed by atoms with Gasteiger partial charge in [-0.25, -0.2) is 8.42 Å². The molecule has 0 amide bonds. The van der Waals surface area contributed by atoms with Gasteiger partial charge >= 0.3 is 0 Å². The number of nitrogens with zero attached hydrogens (tertiary/aromatic N) is 4. The van der Waals surface area contributed by atoms with Crippen molar-refractivity contribution in [3.8, 4) is 0 Å². The molecule has 2 aromatic carbocycles. The average molecular weight is 415 g/mol.